The van der Waals surface area contributed by atoms with Crippen LogP contribution >= 0.6 is 0 Å². The van der Waals surface area contributed by atoms with Crippen LogP contribution in [0.1, 0.15) is 37.0 Å². The largest absolute Gasteiger partial charge is 0.343 e. The zero-order chi connectivity index (χ0) is 18.6. The second kappa shape index (κ2) is 8.37. The van der Waals surface area contributed by atoms with Crippen LogP contribution in [0, 0.1) is 19.8 Å². The topological polar surface area (TPSA) is 52.7 Å². The van der Waals surface area contributed by atoms with Gasteiger partial charge in [-0.05, 0) is 45.1 Å². The lowest BCUT2D eigenvalue weighted by atomic mass is 10.0. The number of amides is 3. The number of aryl methyl sites for hydroxylation is 2. The first-order valence-electron chi connectivity index (χ1n) is 9.09. The second-order valence-corrected chi connectivity index (χ2v) is 7.55. The summed E-state index contributed by atoms with van der Waals surface area (Å²) >= 11 is 0. The predicted molar refractivity (Wildman–Crippen MR) is 101 cm³/mol. The molecule has 3 amide bonds. The van der Waals surface area contributed by atoms with E-state index < -0.39 is 0 Å². The first kappa shape index (κ1) is 19.3. The number of likely N-dealkylation sites (tertiary alicyclic amines) is 1. The minimum Gasteiger partial charge on any atom is -0.343 e. The Balaban J connectivity index is 1.81. The molecule has 0 aromatic heterocycles. The molecular formula is C20H31N3O2. The van der Waals surface area contributed by atoms with Gasteiger partial charge in [0.05, 0.1) is 0 Å². The Labute approximate surface area is 151 Å². The molecule has 0 spiro atoms. The van der Waals surface area contributed by atoms with E-state index in [-0.39, 0.29) is 18.0 Å². The maximum Gasteiger partial charge on any atom is 0.317 e. The summed E-state index contributed by atoms with van der Waals surface area (Å²) in [7, 11) is 1.83. The molecule has 2 rings (SSSR count). The minimum atomic E-state index is -0.0434. The van der Waals surface area contributed by atoms with Crippen molar-refractivity contribution in [1.29, 1.82) is 0 Å². The van der Waals surface area contributed by atoms with Crippen LogP contribution < -0.4 is 5.32 Å². The second-order valence-electron chi connectivity index (χ2n) is 7.55. The highest BCUT2D eigenvalue weighted by atomic mass is 16.2. The molecule has 0 bridgehead atoms. The highest BCUT2D eigenvalue weighted by molar-refractivity contribution is 5.74. The van der Waals surface area contributed by atoms with E-state index >= 15 is 0 Å². The molecule has 0 saturated carbocycles. The zero-order valence-electron chi connectivity index (χ0n) is 16.1. The highest BCUT2D eigenvalue weighted by Gasteiger charge is 2.26. The molecule has 1 aromatic rings. The first-order valence-corrected chi connectivity index (χ1v) is 9.09. The normalized spacial score (nSPS) is 18.1. The summed E-state index contributed by atoms with van der Waals surface area (Å²) in [5, 5.41) is 3.08. The summed E-state index contributed by atoms with van der Waals surface area (Å²) in [6.07, 6.45) is 1.79. The van der Waals surface area contributed by atoms with Crippen LogP contribution in [-0.4, -0.2) is 54.5 Å². The molecule has 0 unspecified atom stereocenters. The van der Waals surface area contributed by atoms with Gasteiger partial charge in [-0.1, -0.05) is 29.3 Å². The van der Waals surface area contributed by atoms with E-state index in [0.717, 1.165) is 25.9 Å². The predicted octanol–water partition coefficient (Wildman–Crippen LogP) is 2.74. The number of hydrogen-bond donors (Lipinski definition) is 1. The summed E-state index contributed by atoms with van der Waals surface area (Å²) in [6.45, 7) is 10.1. The number of rotatable bonds is 5. The van der Waals surface area contributed by atoms with Gasteiger partial charge >= 0.3 is 6.03 Å². The van der Waals surface area contributed by atoms with Crippen LogP contribution in [0.3, 0.4) is 0 Å². The number of carbonyl (C=O) groups excluding carboxylic acids is 2. The van der Waals surface area contributed by atoms with Crippen LogP contribution in [0.4, 0.5) is 4.79 Å². The van der Waals surface area contributed by atoms with Gasteiger partial charge in [0, 0.05) is 39.6 Å². The molecular weight excluding hydrogens is 314 g/mol. The van der Waals surface area contributed by atoms with Gasteiger partial charge in [-0.25, -0.2) is 4.79 Å². The van der Waals surface area contributed by atoms with E-state index in [2.05, 4.69) is 37.4 Å². The van der Waals surface area contributed by atoms with E-state index in [1.165, 1.54) is 16.7 Å². The highest BCUT2D eigenvalue weighted by Crippen LogP contribution is 2.17. The third kappa shape index (κ3) is 5.76. The molecule has 0 aliphatic carbocycles. The number of urea groups is 1. The molecule has 25 heavy (non-hydrogen) atoms. The molecule has 1 heterocycles. The van der Waals surface area contributed by atoms with Gasteiger partial charge in [0.25, 0.3) is 0 Å². The van der Waals surface area contributed by atoms with Crippen molar-refractivity contribution in [3.8, 4) is 0 Å². The number of hydrogen-bond acceptors (Lipinski definition) is 2. The molecule has 2 atom stereocenters. The zero-order valence-corrected chi connectivity index (χ0v) is 16.1. The summed E-state index contributed by atoms with van der Waals surface area (Å²) in [4.78, 5) is 27.4. The van der Waals surface area contributed by atoms with Gasteiger partial charge in [0.2, 0.25) is 5.91 Å². The van der Waals surface area contributed by atoms with E-state index in [1.807, 2.05) is 18.9 Å². The Morgan fingerprint density at radius 2 is 1.92 bits per heavy atom. The molecule has 1 saturated heterocycles. The minimum absolute atomic E-state index is 0.0434. The van der Waals surface area contributed by atoms with Crippen LogP contribution in [0.5, 0.6) is 0 Å². The lowest BCUT2D eigenvalue weighted by Gasteiger charge is -2.24. The van der Waals surface area contributed by atoms with Gasteiger partial charge in [0.1, 0.15) is 0 Å². The number of nitrogens with zero attached hydrogens (tertiary/aromatic N) is 2. The van der Waals surface area contributed by atoms with E-state index in [4.69, 9.17) is 0 Å². The fraction of sp³-hybridized carbons (Fsp3) is 0.600. The van der Waals surface area contributed by atoms with Gasteiger partial charge < -0.3 is 15.1 Å². The van der Waals surface area contributed by atoms with Crippen molar-refractivity contribution in [1.82, 2.24) is 15.1 Å². The van der Waals surface area contributed by atoms with Crippen molar-refractivity contribution in [2.45, 2.75) is 46.6 Å². The van der Waals surface area contributed by atoms with Crippen LogP contribution in [0.2, 0.25) is 0 Å². The van der Waals surface area contributed by atoms with Crippen molar-refractivity contribution in [3.63, 3.8) is 0 Å². The molecule has 1 fully saturated rings. The molecule has 0 radical (unpaired) electrons. The standard InChI is InChI=1S/C20H31N3O2/c1-14-8-15(2)10-19(9-14)11-16(3)21-20(25)22(5)12-18-6-7-23(13-18)17(4)24/h8-10,16,18H,6-7,11-13H2,1-5H3,(H,21,25)/t16-,18-/m0/s1. The Morgan fingerprint density at radius 1 is 1.28 bits per heavy atom. The van der Waals surface area contributed by atoms with E-state index in [1.54, 1.807) is 11.8 Å². The smallest absolute Gasteiger partial charge is 0.317 e. The molecule has 1 aromatic carbocycles. The monoisotopic (exact) mass is 345 g/mol. The lowest BCUT2D eigenvalue weighted by Crippen LogP contribution is -2.44. The number of benzene rings is 1. The van der Waals surface area contributed by atoms with E-state index in [9.17, 15) is 9.59 Å². The Kier molecular flexibility index (Phi) is 6.45. The van der Waals surface area contributed by atoms with Crippen molar-refractivity contribution >= 4 is 11.9 Å². The lowest BCUT2D eigenvalue weighted by molar-refractivity contribution is -0.127. The number of carbonyl (C=O) groups is 2. The molecule has 138 valence electrons. The SMILES string of the molecule is CC(=O)N1CC[C@@H](CN(C)C(=O)N[C@@H](C)Cc2cc(C)cc(C)c2)C1. The fourth-order valence-corrected chi connectivity index (χ4v) is 3.65. The molecule has 1 aliphatic rings. The third-order valence-electron chi connectivity index (χ3n) is 4.80. The van der Waals surface area contributed by atoms with Gasteiger partial charge in [-0.2, -0.15) is 0 Å². The Bertz CT molecular complexity index is 609. The summed E-state index contributed by atoms with van der Waals surface area (Å²) in [5.41, 5.74) is 3.75. The van der Waals surface area contributed by atoms with Crippen molar-refractivity contribution in [2.24, 2.45) is 5.92 Å². The van der Waals surface area contributed by atoms with Gasteiger partial charge in [-0.3, -0.25) is 4.79 Å². The van der Waals surface area contributed by atoms with Crippen LogP contribution in [0.15, 0.2) is 18.2 Å². The van der Waals surface area contributed by atoms with Gasteiger partial charge in [0.15, 0.2) is 0 Å². The summed E-state index contributed by atoms with van der Waals surface area (Å²) in [6, 6.07) is 6.54. The number of nitrogens with one attached hydrogen (secondary N) is 1. The van der Waals surface area contributed by atoms with Crippen molar-refractivity contribution < 1.29 is 9.59 Å². The Morgan fingerprint density at radius 3 is 2.48 bits per heavy atom. The third-order valence-corrected chi connectivity index (χ3v) is 4.80. The molecule has 5 nitrogen and oxygen atoms in total. The quantitative estimate of drug-likeness (QED) is 0.892. The van der Waals surface area contributed by atoms with E-state index in [0.29, 0.717) is 12.5 Å². The van der Waals surface area contributed by atoms with Crippen LogP contribution in [-0.2, 0) is 11.2 Å². The maximum atomic E-state index is 12.4. The van der Waals surface area contributed by atoms with Gasteiger partial charge in [-0.15, -0.1) is 0 Å². The van der Waals surface area contributed by atoms with Crippen molar-refractivity contribution in [2.75, 3.05) is 26.7 Å². The first-order chi connectivity index (χ1) is 11.7. The van der Waals surface area contributed by atoms with Crippen LogP contribution in [0.25, 0.3) is 0 Å². The molecule has 1 aliphatic heterocycles. The summed E-state index contributed by atoms with van der Waals surface area (Å²) in [5.74, 6) is 0.492. The van der Waals surface area contributed by atoms with Crippen molar-refractivity contribution in [3.05, 3.63) is 34.9 Å². The molecule has 1 N–H and O–H groups in total. The molecule has 5 heteroatoms. The maximum absolute atomic E-state index is 12.4. The average molecular weight is 345 g/mol. The summed E-state index contributed by atoms with van der Waals surface area (Å²) < 4.78 is 0. The Hall–Kier alpha value is -2.04. The fourth-order valence-electron chi connectivity index (χ4n) is 3.65. The average Bonchev–Trinajstić information content (AvgIpc) is 2.94.